The summed E-state index contributed by atoms with van der Waals surface area (Å²) in [6.07, 6.45) is 2.41. The van der Waals surface area contributed by atoms with E-state index in [1.54, 1.807) is 11.0 Å². The van der Waals surface area contributed by atoms with E-state index in [1.165, 1.54) is 0 Å². The third-order valence-corrected chi connectivity index (χ3v) is 6.21. The van der Waals surface area contributed by atoms with Crippen LogP contribution in [0.15, 0.2) is 22.7 Å². The largest absolute Gasteiger partial charge is 0.444 e. The van der Waals surface area contributed by atoms with Gasteiger partial charge in [0, 0.05) is 22.0 Å². The standard InChI is InChI=1S/C21H25BrClN3O3/c1-21(2,3)29-20(28)26-16-7-5-13(9-16)18(26)19(27)25-15(11-24)8-12-4-6-14(22)10-17(12)23/h4,6,10,13,15-16,18H,5,7-9H2,1-3H3,(H,25,27)/t13?,15?,16-,18+/m1/s1. The van der Waals surface area contributed by atoms with Gasteiger partial charge >= 0.3 is 6.09 Å². The highest BCUT2D eigenvalue weighted by Crippen LogP contribution is 2.43. The number of likely N-dealkylation sites (tertiary alicyclic amines) is 1. The van der Waals surface area contributed by atoms with Crippen molar-refractivity contribution < 1.29 is 14.3 Å². The minimum Gasteiger partial charge on any atom is -0.444 e. The Kier molecular flexibility index (Phi) is 6.45. The first-order valence-electron chi connectivity index (χ1n) is 9.74. The van der Waals surface area contributed by atoms with Gasteiger partial charge in [0.25, 0.3) is 0 Å². The van der Waals surface area contributed by atoms with Crippen molar-refractivity contribution in [3.8, 4) is 6.07 Å². The molecule has 29 heavy (non-hydrogen) atoms. The maximum atomic E-state index is 13.1. The first-order chi connectivity index (χ1) is 13.6. The molecule has 1 heterocycles. The van der Waals surface area contributed by atoms with E-state index in [0.717, 1.165) is 29.3 Å². The molecule has 1 aliphatic heterocycles. The molecule has 2 fully saturated rings. The van der Waals surface area contributed by atoms with Crippen LogP contribution in [-0.2, 0) is 16.0 Å². The van der Waals surface area contributed by atoms with Gasteiger partial charge in [-0.2, -0.15) is 5.26 Å². The summed E-state index contributed by atoms with van der Waals surface area (Å²) in [5.41, 5.74) is 0.145. The summed E-state index contributed by atoms with van der Waals surface area (Å²) in [6.45, 7) is 5.42. The van der Waals surface area contributed by atoms with Gasteiger partial charge in [0.1, 0.15) is 17.7 Å². The molecule has 1 saturated heterocycles. The fourth-order valence-electron chi connectivity index (χ4n) is 4.20. The number of nitrogens with zero attached hydrogens (tertiary/aromatic N) is 2. The lowest BCUT2D eigenvalue weighted by atomic mass is 9.97. The van der Waals surface area contributed by atoms with E-state index in [-0.39, 0.29) is 17.9 Å². The average molecular weight is 483 g/mol. The quantitative estimate of drug-likeness (QED) is 0.688. The van der Waals surface area contributed by atoms with Crippen LogP contribution in [0, 0.1) is 17.2 Å². The third kappa shape index (κ3) is 5.04. The van der Waals surface area contributed by atoms with Crippen LogP contribution in [0.5, 0.6) is 0 Å². The highest BCUT2D eigenvalue weighted by molar-refractivity contribution is 9.10. The molecule has 1 N–H and O–H groups in total. The van der Waals surface area contributed by atoms with E-state index in [4.69, 9.17) is 16.3 Å². The highest BCUT2D eigenvalue weighted by Gasteiger charge is 2.52. The molecule has 8 heteroatoms. The van der Waals surface area contributed by atoms with E-state index in [9.17, 15) is 14.9 Å². The fourth-order valence-corrected chi connectivity index (χ4v) is 4.95. The van der Waals surface area contributed by atoms with Crippen LogP contribution in [-0.4, -0.2) is 40.6 Å². The number of amides is 2. The first-order valence-corrected chi connectivity index (χ1v) is 10.9. The Labute approximate surface area is 184 Å². The van der Waals surface area contributed by atoms with Crippen LogP contribution in [0.2, 0.25) is 5.02 Å². The lowest BCUT2D eigenvalue weighted by Gasteiger charge is -2.35. The summed E-state index contributed by atoms with van der Waals surface area (Å²) in [4.78, 5) is 27.4. The summed E-state index contributed by atoms with van der Waals surface area (Å²) < 4.78 is 6.37. The minimum absolute atomic E-state index is 0.0204. The molecule has 2 bridgehead atoms. The van der Waals surface area contributed by atoms with E-state index in [0.29, 0.717) is 11.4 Å². The summed E-state index contributed by atoms with van der Waals surface area (Å²) in [6, 6.07) is 6.25. The van der Waals surface area contributed by atoms with Crippen molar-refractivity contribution >= 4 is 39.5 Å². The van der Waals surface area contributed by atoms with E-state index in [1.807, 2.05) is 32.9 Å². The Bertz CT molecular complexity index is 849. The smallest absolute Gasteiger partial charge is 0.411 e. The molecule has 1 saturated carbocycles. The summed E-state index contributed by atoms with van der Waals surface area (Å²) in [7, 11) is 0. The predicted octanol–water partition coefficient (Wildman–Crippen LogP) is 4.44. The van der Waals surface area contributed by atoms with E-state index >= 15 is 0 Å². The van der Waals surface area contributed by atoms with Crippen LogP contribution in [0.3, 0.4) is 0 Å². The van der Waals surface area contributed by atoms with Gasteiger partial charge in [-0.25, -0.2) is 4.79 Å². The molecule has 1 aliphatic carbocycles. The number of nitrogens with one attached hydrogen (secondary N) is 1. The average Bonchev–Trinajstić information content (AvgIpc) is 3.23. The van der Waals surface area contributed by atoms with Gasteiger partial charge in [-0.1, -0.05) is 33.6 Å². The number of carbonyl (C=O) groups is 2. The van der Waals surface area contributed by atoms with Crippen LogP contribution in [0.25, 0.3) is 0 Å². The molecule has 0 radical (unpaired) electrons. The Hall–Kier alpha value is -1.78. The number of piperidine rings is 1. The van der Waals surface area contributed by atoms with E-state index in [2.05, 4.69) is 27.3 Å². The second-order valence-corrected chi connectivity index (χ2v) is 10.0. The van der Waals surface area contributed by atoms with Crippen molar-refractivity contribution in [1.29, 1.82) is 5.26 Å². The van der Waals surface area contributed by atoms with Crippen LogP contribution in [0.1, 0.15) is 45.6 Å². The van der Waals surface area contributed by atoms with Crippen molar-refractivity contribution in [2.75, 3.05) is 0 Å². The number of nitriles is 1. The zero-order valence-corrected chi connectivity index (χ0v) is 19.1. The lowest BCUT2D eigenvalue weighted by Crippen LogP contribution is -2.55. The zero-order valence-electron chi connectivity index (χ0n) is 16.7. The molecule has 156 valence electrons. The molecule has 2 aliphatic rings. The second-order valence-electron chi connectivity index (χ2n) is 8.69. The molecular formula is C21H25BrClN3O3. The van der Waals surface area contributed by atoms with Crippen molar-refractivity contribution in [2.45, 2.75) is 70.2 Å². The molecule has 4 atom stereocenters. The molecular weight excluding hydrogens is 458 g/mol. The normalized spacial score (nSPS) is 24.1. The van der Waals surface area contributed by atoms with Crippen LogP contribution < -0.4 is 5.32 Å². The second kappa shape index (κ2) is 8.53. The molecule has 3 rings (SSSR count). The van der Waals surface area contributed by atoms with Gasteiger partial charge < -0.3 is 10.1 Å². The number of ether oxygens (including phenoxy) is 1. The van der Waals surface area contributed by atoms with Crippen LogP contribution in [0.4, 0.5) is 4.79 Å². The maximum absolute atomic E-state index is 13.1. The number of fused-ring (bicyclic) bond motifs is 2. The Balaban J connectivity index is 1.72. The Morgan fingerprint density at radius 3 is 2.76 bits per heavy atom. The van der Waals surface area contributed by atoms with Gasteiger partial charge in [-0.05, 0) is 63.6 Å². The van der Waals surface area contributed by atoms with Crippen molar-refractivity contribution in [2.24, 2.45) is 5.92 Å². The van der Waals surface area contributed by atoms with Crippen LogP contribution >= 0.6 is 27.5 Å². The number of rotatable bonds is 4. The number of hydrogen-bond acceptors (Lipinski definition) is 4. The molecule has 1 aromatic carbocycles. The number of benzene rings is 1. The molecule has 0 aromatic heterocycles. The van der Waals surface area contributed by atoms with Gasteiger partial charge in [0.05, 0.1) is 6.07 Å². The van der Waals surface area contributed by atoms with Crippen molar-refractivity contribution in [3.05, 3.63) is 33.3 Å². The summed E-state index contributed by atoms with van der Waals surface area (Å²) in [5, 5.41) is 12.9. The summed E-state index contributed by atoms with van der Waals surface area (Å²) >= 11 is 9.61. The molecule has 0 spiro atoms. The van der Waals surface area contributed by atoms with Crippen molar-refractivity contribution in [1.82, 2.24) is 10.2 Å². The molecule has 2 unspecified atom stereocenters. The van der Waals surface area contributed by atoms with Gasteiger partial charge in [0.15, 0.2) is 0 Å². The molecule has 6 nitrogen and oxygen atoms in total. The maximum Gasteiger partial charge on any atom is 0.411 e. The van der Waals surface area contributed by atoms with E-state index < -0.39 is 23.8 Å². The topological polar surface area (TPSA) is 82.4 Å². The monoisotopic (exact) mass is 481 g/mol. The highest BCUT2D eigenvalue weighted by atomic mass is 79.9. The molecule has 2 amide bonds. The zero-order chi connectivity index (χ0) is 21.3. The minimum atomic E-state index is -0.735. The number of carbonyl (C=O) groups excluding carboxylic acids is 2. The first kappa shape index (κ1) is 21.9. The number of halogens is 2. The third-order valence-electron chi connectivity index (χ3n) is 5.37. The summed E-state index contributed by atoms with van der Waals surface area (Å²) in [5.74, 6) is -0.203. The SMILES string of the molecule is CC(C)(C)OC(=O)N1[C@@H]2CCC(C2)[C@H]1C(=O)NC(C#N)Cc1ccc(Br)cc1Cl. The van der Waals surface area contributed by atoms with Gasteiger partial charge in [-0.15, -0.1) is 0 Å². The lowest BCUT2D eigenvalue weighted by molar-refractivity contribution is -0.128. The van der Waals surface area contributed by atoms with Gasteiger partial charge in [0.2, 0.25) is 5.91 Å². The van der Waals surface area contributed by atoms with Gasteiger partial charge in [-0.3, -0.25) is 9.69 Å². The Morgan fingerprint density at radius 2 is 2.14 bits per heavy atom. The Morgan fingerprint density at radius 1 is 1.41 bits per heavy atom. The fraction of sp³-hybridized carbons (Fsp3) is 0.571. The van der Waals surface area contributed by atoms with Crippen molar-refractivity contribution in [3.63, 3.8) is 0 Å². The predicted molar refractivity (Wildman–Crippen MR) is 113 cm³/mol. The number of hydrogen-bond donors (Lipinski definition) is 1. The molecule has 1 aromatic rings.